The van der Waals surface area contributed by atoms with Gasteiger partial charge >= 0.3 is 0 Å². The van der Waals surface area contributed by atoms with Crippen molar-refractivity contribution >= 4 is 17.4 Å². The van der Waals surface area contributed by atoms with Gasteiger partial charge in [-0.1, -0.05) is 32.1 Å². The molecule has 1 saturated carbocycles. The van der Waals surface area contributed by atoms with Gasteiger partial charge in [-0.25, -0.2) is 0 Å². The lowest BCUT2D eigenvalue weighted by molar-refractivity contribution is -0.117. The van der Waals surface area contributed by atoms with Crippen LogP contribution in [0.2, 0.25) is 0 Å². The van der Waals surface area contributed by atoms with E-state index in [1.807, 2.05) is 18.2 Å². The molecule has 3 nitrogen and oxygen atoms in total. The third-order valence-electron chi connectivity index (χ3n) is 4.68. The summed E-state index contributed by atoms with van der Waals surface area (Å²) >= 11 is 0. The summed E-state index contributed by atoms with van der Waals surface area (Å²) in [6.07, 6.45) is 7.33. The Labute approximate surface area is 120 Å². The lowest BCUT2D eigenvalue weighted by Crippen LogP contribution is -2.20. The number of hydrogen-bond acceptors (Lipinski definition) is 2. The summed E-state index contributed by atoms with van der Waals surface area (Å²) in [4.78, 5) is 25.7. The number of hydrogen-bond donors (Lipinski definition) is 0. The quantitative estimate of drug-likeness (QED) is 0.790. The second kappa shape index (κ2) is 5.39. The van der Waals surface area contributed by atoms with Gasteiger partial charge in [0.2, 0.25) is 5.91 Å². The van der Waals surface area contributed by atoms with E-state index in [1.165, 1.54) is 32.1 Å². The number of carbonyl (C=O) groups excluding carboxylic acids is 2. The first kappa shape index (κ1) is 13.3. The Morgan fingerprint density at radius 2 is 2.00 bits per heavy atom. The first-order valence-corrected chi connectivity index (χ1v) is 7.58. The Hall–Kier alpha value is -1.64. The van der Waals surface area contributed by atoms with Crippen LogP contribution in [0, 0.1) is 5.92 Å². The van der Waals surface area contributed by atoms with Crippen molar-refractivity contribution in [2.75, 3.05) is 11.9 Å². The first-order valence-electron chi connectivity index (χ1n) is 7.58. The number of benzene rings is 1. The molecule has 0 spiro atoms. The van der Waals surface area contributed by atoms with Crippen molar-refractivity contribution in [2.24, 2.45) is 5.92 Å². The number of carbonyl (C=O) groups is 2. The van der Waals surface area contributed by atoms with E-state index in [4.69, 9.17) is 0 Å². The highest BCUT2D eigenvalue weighted by atomic mass is 16.2. The maximum Gasteiger partial charge on any atom is 0.231 e. The molecule has 1 amide bonds. The number of ketones is 1. The Morgan fingerprint density at radius 1 is 1.25 bits per heavy atom. The van der Waals surface area contributed by atoms with Gasteiger partial charge in [-0.3, -0.25) is 9.59 Å². The van der Waals surface area contributed by atoms with E-state index in [0.29, 0.717) is 18.8 Å². The molecule has 1 heterocycles. The van der Waals surface area contributed by atoms with Gasteiger partial charge in [0.25, 0.3) is 0 Å². The van der Waals surface area contributed by atoms with Crippen molar-refractivity contribution in [1.82, 2.24) is 0 Å². The highest BCUT2D eigenvalue weighted by Crippen LogP contribution is 2.31. The van der Waals surface area contributed by atoms with E-state index < -0.39 is 0 Å². The highest BCUT2D eigenvalue weighted by Gasteiger charge is 2.25. The van der Waals surface area contributed by atoms with Crippen LogP contribution in [-0.2, 0) is 11.2 Å². The molecule has 2 aliphatic rings. The maximum atomic E-state index is 12.4. The standard InChI is InChI=1S/C17H21NO2/c1-18-15-8-7-13(10-14(15)11-17(18)20)16(19)9-12-5-3-2-4-6-12/h7-8,10,12H,2-6,9,11H2,1H3. The van der Waals surface area contributed by atoms with Crippen LogP contribution >= 0.6 is 0 Å². The van der Waals surface area contributed by atoms with Crippen molar-refractivity contribution < 1.29 is 9.59 Å². The fourth-order valence-corrected chi connectivity index (χ4v) is 3.41. The molecule has 0 aromatic heterocycles. The largest absolute Gasteiger partial charge is 0.315 e. The molecule has 3 rings (SSSR count). The van der Waals surface area contributed by atoms with Crippen molar-refractivity contribution in [1.29, 1.82) is 0 Å². The van der Waals surface area contributed by atoms with Gasteiger partial charge in [0, 0.05) is 24.7 Å². The summed E-state index contributed by atoms with van der Waals surface area (Å²) in [6.45, 7) is 0. The molecular formula is C17H21NO2. The molecule has 1 aromatic rings. The summed E-state index contributed by atoms with van der Waals surface area (Å²) in [5.74, 6) is 0.910. The third-order valence-corrected chi connectivity index (χ3v) is 4.68. The maximum absolute atomic E-state index is 12.4. The lowest BCUT2D eigenvalue weighted by atomic mass is 9.84. The van der Waals surface area contributed by atoms with Gasteiger partial charge in [-0.2, -0.15) is 0 Å². The predicted octanol–water partition coefficient (Wildman–Crippen LogP) is 3.36. The van der Waals surface area contributed by atoms with Gasteiger partial charge < -0.3 is 4.90 Å². The Balaban J connectivity index is 1.73. The first-order chi connectivity index (χ1) is 9.65. The normalized spacial score (nSPS) is 19.2. The number of amides is 1. The molecule has 0 bridgehead atoms. The fraction of sp³-hybridized carbons (Fsp3) is 0.529. The Morgan fingerprint density at radius 3 is 2.75 bits per heavy atom. The van der Waals surface area contributed by atoms with Crippen LogP contribution < -0.4 is 4.90 Å². The molecule has 0 N–H and O–H groups in total. The molecule has 3 heteroatoms. The van der Waals surface area contributed by atoms with Crippen LogP contribution in [0.15, 0.2) is 18.2 Å². The smallest absolute Gasteiger partial charge is 0.231 e. The van der Waals surface area contributed by atoms with E-state index in [0.717, 1.165) is 16.8 Å². The second-order valence-electron chi connectivity index (χ2n) is 6.10. The molecule has 106 valence electrons. The molecule has 1 aliphatic heterocycles. The van der Waals surface area contributed by atoms with Gasteiger partial charge in [0.05, 0.1) is 6.42 Å². The summed E-state index contributed by atoms with van der Waals surface area (Å²) in [7, 11) is 1.79. The topological polar surface area (TPSA) is 37.4 Å². The molecule has 20 heavy (non-hydrogen) atoms. The van der Waals surface area contributed by atoms with E-state index in [-0.39, 0.29) is 11.7 Å². The van der Waals surface area contributed by atoms with Crippen molar-refractivity contribution in [2.45, 2.75) is 44.9 Å². The zero-order chi connectivity index (χ0) is 14.1. The fourth-order valence-electron chi connectivity index (χ4n) is 3.41. The summed E-state index contributed by atoms with van der Waals surface area (Å²) in [6, 6.07) is 5.70. The molecule has 0 unspecified atom stereocenters. The summed E-state index contributed by atoms with van der Waals surface area (Å²) in [5, 5.41) is 0. The zero-order valence-electron chi connectivity index (χ0n) is 12.0. The molecule has 1 fully saturated rings. The molecule has 0 atom stereocenters. The van der Waals surface area contributed by atoms with Gasteiger partial charge in [0.15, 0.2) is 5.78 Å². The minimum absolute atomic E-state index is 0.108. The van der Waals surface area contributed by atoms with Crippen LogP contribution in [0.25, 0.3) is 0 Å². The molecule has 1 aliphatic carbocycles. The monoisotopic (exact) mass is 271 g/mol. The van der Waals surface area contributed by atoms with Crippen LogP contribution in [0.5, 0.6) is 0 Å². The average molecular weight is 271 g/mol. The Kier molecular flexibility index (Phi) is 3.60. The number of likely N-dealkylation sites (N-methyl/N-ethyl adjacent to an activating group) is 1. The third kappa shape index (κ3) is 2.49. The van der Waals surface area contributed by atoms with E-state index in [9.17, 15) is 9.59 Å². The summed E-state index contributed by atoms with van der Waals surface area (Å²) in [5.41, 5.74) is 2.72. The highest BCUT2D eigenvalue weighted by molar-refractivity contribution is 6.03. The van der Waals surface area contributed by atoms with Crippen molar-refractivity contribution in [3.63, 3.8) is 0 Å². The second-order valence-corrected chi connectivity index (χ2v) is 6.10. The molecule has 0 radical (unpaired) electrons. The molecular weight excluding hydrogens is 250 g/mol. The van der Waals surface area contributed by atoms with Gasteiger partial charge in [0.1, 0.15) is 0 Å². The van der Waals surface area contributed by atoms with E-state index in [1.54, 1.807) is 11.9 Å². The minimum atomic E-state index is 0.108. The van der Waals surface area contributed by atoms with Gasteiger partial charge in [-0.05, 0) is 29.7 Å². The van der Waals surface area contributed by atoms with E-state index >= 15 is 0 Å². The van der Waals surface area contributed by atoms with Crippen molar-refractivity contribution in [3.05, 3.63) is 29.3 Å². The lowest BCUT2D eigenvalue weighted by Gasteiger charge is -2.20. The van der Waals surface area contributed by atoms with Crippen LogP contribution in [0.3, 0.4) is 0 Å². The molecule has 1 aromatic carbocycles. The molecule has 0 saturated heterocycles. The minimum Gasteiger partial charge on any atom is -0.315 e. The number of nitrogens with zero attached hydrogens (tertiary/aromatic N) is 1. The number of rotatable bonds is 3. The summed E-state index contributed by atoms with van der Waals surface area (Å²) < 4.78 is 0. The van der Waals surface area contributed by atoms with E-state index in [2.05, 4.69) is 0 Å². The number of anilines is 1. The van der Waals surface area contributed by atoms with Crippen LogP contribution in [0.1, 0.15) is 54.4 Å². The van der Waals surface area contributed by atoms with Crippen LogP contribution in [-0.4, -0.2) is 18.7 Å². The SMILES string of the molecule is CN1C(=O)Cc2cc(C(=O)CC3CCCCC3)ccc21. The zero-order valence-corrected chi connectivity index (χ0v) is 12.0. The number of Topliss-reactive ketones (excluding diaryl/α,β-unsaturated/α-hetero) is 1. The Bertz CT molecular complexity index is 544. The van der Waals surface area contributed by atoms with Crippen LogP contribution in [0.4, 0.5) is 5.69 Å². The predicted molar refractivity (Wildman–Crippen MR) is 79.1 cm³/mol. The van der Waals surface area contributed by atoms with Crippen molar-refractivity contribution in [3.8, 4) is 0 Å². The average Bonchev–Trinajstić information content (AvgIpc) is 2.74. The van der Waals surface area contributed by atoms with Gasteiger partial charge in [-0.15, -0.1) is 0 Å². The number of fused-ring (bicyclic) bond motifs is 1.